The summed E-state index contributed by atoms with van der Waals surface area (Å²) in [4.78, 5) is 19.5. The van der Waals surface area contributed by atoms with E-state index >= 15 is 0 Å². The third-order valence-corrected chi connectivity index (χ3v) is 5.10. The number of aromatic amines is 1. The van der Waals surface area contributed by atoms with Gasteiger partial charge in [-0.05, 0) is 68.0 Å². The van der Waals surface area contributed by atoms with Crippen molar-refractivity contribution < 1.29 is 0 Å². The Hall–Kier alpha value is -3.62. The lowest BCUT2D eigenvalue weighted by Crippen LogP contribution is -2.11. The maximum Gasteiger partial charge on any atom is 0.259 e. The first-order valence-corrected chi connectivity index (χ1v) is 9.42. The van der Waals surface area contributed by atoms with Gasteiger partial charge in [0, 0.05) is 22.1 Å². The van der Waals surface area contributed by atoms with Crippen LogP contribution in [-0.2, 0) is 0 Å². The standard InChI is InChI=1S/C23H17ClN4O/c1-14-11-16(15(2)28(14)19-9-7-18(24)8-10-19)12-17(13-25)22-26-21-6-4-3-5-20(21)23(29)27-22/h3-12H,1-2H3,(H,26,27,29). The fourth-order valence-electron chi connectivity index (χ4n) is 3.44. The van der Waals surface area contributed by atoms with Gasteiger partial charge >= 0.3 is 0 Å². The van der Waals surface area contributed by atoms with E-state index < -0.39 is 0 Å². The summed E-state index contributed by atoms with van der Waals surface area (Å²) in [6.07, 6.45) is 1.75. The Labute approximate surface area is 172 Å². The largest absolute Gasteiger partial charge is 0.318 e. The first kappa shape index (κ1) is 18.7. The van der Waals surface area contributed by atoms with Crippen molar-refractivity contribution in [2.24, 2.45) is 0 Å². The number of aryl methyl sites for hydroxylation is 1. The molecule has 1 N–H and O–H groups in total. The van der Waals surface area contributed by atoms with Crippen LogP contribution in [0.1, 0.15) is 22.8 Å². The molecule has 0 bridgehead atoms. The van der Waals surface area contributed by atoms with Crippen LogP contribution >= 0.6 is 11.6 Å². The number of rotatable bonds is 3. The minimum Gasteiger partial charge on any atom is -0.318 e. The molecule has 0 radical (unpaired) electrons. The maximum atomic E-state index is 12.4. The van der Waals surface area contributed by atoms with Gasteiger partial charge in [-0.15, -0.1) is 0 Å². The van der Waals surface area contributed by atoms with Crippen molar-refractivity contribution in [3.05, 3.63) is 92.7 Å². The first-order chi connectivity index (χ1) is 14.0. The summed E-state index contributed by atoms with van der Waals surface area (Å²) in [5.74, 6) is 0.257. The summed E-state index contributed by atoms with van der Waals surface area (Å²) in [7, 11) is 0. The highest BCUT2D eigenvalue weighted by atomic mass is 35.5. The van der Waals surface area contributed by atoms with E-state index in [0.717, 1.165) is 22.6 Å². The SMILES string of the molecule is Cc1cc(C=C(C#N)c2nc3ccccc3c(=O)[nH]2)c(C)n1-c1ccc(Cl)cc1. The number of benzene rings is 2. The van der Waals surface area contributed by atoms with E-state index in [1.165, 1.54) is 0 Å². The Morgan fingerprint density at radius 2 is 1.90 bits per heavy atom. The van der Waals surface area contributed by atoms with Crippen molar-refractivity contribution in [3.63, 3.8) is 0 Å². The van der Waals surface area contributed by atoms with Crippen LogP contribution in [0.5, 0.6) is 0 Å². The monoisotopic (exact) mass is 400 g/mol. The van der Waals surface area contributed by atoms with Gasteiger partial charge in [-0.1, -0.05) is 23.7 Å². The highest BCUT2D eigenvalue weighted by Gasteiger charge is 2.13. The topological polar surface area (TPSA) is 74.5 Å². The molecule has 2 aromatic carbocycles. The molecule has 5 nitrogen and oxygen atoms in total. The van der Waals surface area contributed by atoms with Crippen molar-refractivity contribution >= 4 is 34.2 Å². The van der Waals surface area contributed by atoms with Gasteiger partial charge in [-0.2, -0.15) is 5.26 Å². The van der Waals surface area contributed by atoms with Gasteiger partial charge in [-0.3, -0.25) is 4.79 Å². The number of fused-ring (bicyclic) bond motifs is 1. The van der Waals surface area contributed by atoms with Crippen molar-refractivity contribution in [2.45, 2.75) is 13.8 Å². The van der Waals surface area contributed by atoms with Gasteiger partial charge in [0.1, 0.15) is 6.07 Å². The van der Waals surface area contributed by atoms with Crippen molar-refractivity contribution in [1.82, 2.24) is 14.5 Å². The second-order valence-electron chi connectivity index (χ2n) is 6.74. The Morgan fingerprint density at radius 3 is 2.62 bits per heavy atom. The van der Waals surface area contributed by atoms with Gasteiger partial charge in [0.15, 0.2) is 5.82 Å². The summed E-state index contributed by atoms with van der Waals surface area (Å²) < 4.78 is 2.09. The Morgan fingerprint density at radius 1 is 1.17 bits per heavy atom. The van der Waals surface area contributed by atoms with E-state index in [0.29, 0.717) is 21.5 Å². The number of nitriles is 1. The second kappa shape index (κ2) is 7.42. The number of para-hydroxylation sites is 1. The number of halogens is 1. The molecule has 0 unspecified atom stereocenters. The van der Waals surface area contributed by atoms with Crippen LogP contribution in [0, 0.1) is 25.2 Å². The zero-order valence-corrected chi connectivity index (χ0v) is 16.7. The molecule has 29 heavy (non-hydrogen) atoms. The summed E-state index contributed by atoms with van der Waals surface area (Å²) >= 11 is 6.00. The lowest BCUT2D eigenvalue weighted by atomic mass is 10.1. The van der Waals surface area contributed by atoms with Gasteiger partial charge in [0.2, 0.25) is 0 Å². The molecule has 0 aliphatic heterocycles. The van der Waals surface area contributed by atoms with Crippen LogP contribution in [0.15, 0.2) is 59.4 Å². The molecule has 0 aliphatic carbocycles. The van der Waals surface area contributed by atoms with Crippen LogP contribution < -0.4 is 5.56 Å². The molecule has 2 heterocycles. The van der Waals surface area contributed by atoms with E-state index in [1.54, 1.807) is 24.3 Å². The summed E-state index contributed by atoms with van der Waals surface area (Å²) in [6.45, 7) is 3.99. The van der Waals surface area contributed by atoms with Crippen molar-refractivity contribution in [3.8, 4) is 11.8 Å². The first-order valence-electron chi connectivity index (χ1n) is 9.04. The third-order valence-electron chi connectivity index (χ3n) is 4.84. The van der Waals surface area contributed by atoms with E-state index in [4.69, 9.17) is 11.6 Å². The van der Waals surface area contributed by atoms with Crippen molar-refractivity contribution in [1.29, 1.82) is 5.26 Å². The van der Waals surface area contributed by atoms with Crippen LogP contribution in [0.2, 0.25) is 5.02 Å². The molecule has 4 rings (SSSR count). The summed E-state index contributed by atoms with van der Waals surface area (Å²) in [5.41, 5.74) is 4.44. The molecule has 0 spiro atoms. The van der Waals surface area contributed by atoms with Gasteiger partial charge in [0.05, 0.1) is 16.5 Å². The molecule has 2 aromatic heterocycles. The number of H-pyrrole nitrogens is 1. The minimum atomic E-state index is -0.265. The second-order valence-corrected chi connectivity index (χ2v) is 7.18. The van der Waals surface area contributed by atoms with Crippen LogP contribution in [0.4, 0.5) is 0 Å². The Bertz CT molecular complexity index is 1350. The fourth-order valence-corrected chi connectivity index (χ4v) is 3.57. The highest BCUT2D eigenvalue weighted by Crippen LogP contribution is 2.25. The molecule has 0 saturated carbocycles. The zero-order chi connectivity index (χ0) is 20.5. The quantitative estimate of drug-likeness (QED) is 0.489. The molecule has 6 heteroatoms. The third kappa shape index (κ3) is 3.46. The van der Waals surface area contributed by atoms with Gasteiger partial charge < -0.3 is 9.55 Å². The Balaban J connectivity index is 1.83. The summed E-state index contributed by atoms with van der Waals surface area (Å²) in [6, 6.07) is 18.8. The average molecular weight is 401 g/mol. The highest BCUT2D eigenvalue weighted by molar-refractivity contribution is 6.30. The molecular formula is C23H17ClN4O. The zero-order valence-electron chi connectivity index (χ0n) is 15.9. The average Bonchev–Trinajstić information content (AvgIpc) is 3.00. The number of nitrogens with zero attached hydrogens (tertiary/aromatic N) is 3. The number of nitrogens with one attached hydrogen (secondary N) is 1. The van der Waals surface area contributed by atoms with Crippen LogP contribution in [0.3, 0.4) is 0 Å². The number of hydrogen-bond donors (Lipinski definition) is 1. The van der Waals surface area contributed by atoms with Gasteiger partial charge in [0.25, 0.3) is 5.56 Å². The van der Waals surface area contributed by atoms with Crippen molar-refractivity contribution in [2.75, 3.05) is 0 Å². The van der Waals surface area contributed by atoms with E-state index in [1.807, 2.05) is 50.2 Å². The maximum absolute atomic E-state index is 12.4. The van der Waals surface area contributed by atoms with E-state index in [9.17, 15) is 10.1 Å². The molecule has 0 amide bonds. The lowest BCUT2D eigenvalue weighted by Gasteiger charge is -2.09. The molecule has 4 aromatic rings. The normalized spacial score (nSPS) is 11.6. The van der Waals surface area contributed by atoms with Gasteiger partial charge in [-0.25, -0.2) is 4.98 Å². The molecule has 0 aliphatic rings. The molecule has 0 atom stereocenters. The molecule has 0 saturated heterocycles. The van der Waals surface area contributed by atoms with Crippen LogP contribution in [0.25, 0.3) is 28.2 Å². The number of allylic oxidation sites excluding steroid dienone is 1. The Kier molecular flexibility index (Phi) is 4.79. The number of aromatic nitrogens is 3. The summed E-state index contributed by atoms with van der Waals surface area (Å²) in [5, 5.41) is 10.9. The minimum absolute atomic E-state index is 0.257. The molecular weight excluding hydrogens is 384 g/mol. The molecule has 142 valence electrons. The van der Waals surface area contributed by atoms with E-state index in [2.05, 4.69) is 20.6 Å². The number of hydrogen-bond acceptors (Lipinski definition) is 3. The smallest absolute Gasteiger partial charge is 0.259 e. The van der Waals surface area contributed by atoms with E-state index in [-0.39, 0.29) is 11.4 Å². The fraction of sp³-hybridized carbons (Fsp3) is 0.0870. The molecule has 0 fully saturated rings. The predicted octanol–water partition coefficient (Wildman–Crippen LogP) is 5.05. The van der Waals surface area contributed by atoms with Crippen LogP contribution in [-0.4, -0.2) is 14.5 Å². The predicted molar refractivity (Wildman–Crippen MR) is 116 cm³/mol. The lowest BCUT2D eigenvalue weighted by molar-refractivity contribution is 0.964.